The van der Waals surface area contributed by atoms with Crippen molar-refractivity contribution in [1.82, 2.24) is 0 Å². The Bertz CT molecular complexity index is 286. The van der Waals surface area contributed by atoms with Crippen molar-refractivity contribution in [3.8, 4) is 0 Å². The number of hydrogen-bond acceptors (Lipinski definition) is 6. The molecule has 2 aliphatic heterocycles. The van der Waals surface area contributed by atoms with Gasteiger partial charge in [-0.15, -0.1) is 0 Å². The van der Waals surface area contributed by atoms with Gasteiger partial charge in [0.1, 0.15) is 13.2 Å². The molecule has 0 spiro atoms. The summed E-state index contributed by atoms with van der Waals surface area (Å²) in [7, 11) is 0. The molecule has 0 N–H and O–H groups in total. The Kier molecular flexibility index (Phi) is 6.26. The van der Waals surface area contributed by atoms with E-state index in [0.29, 0.717) is 0 Å². The quantitative estimate of drug-likeness (QED) is 0.655. The lowest BCUT2D eigenvalue weighted by Gasteiger charge is -2.11. The molecule has 2 rings (SSSR count). The highest BCUT2D eigenvalue weighted by Crippen LogP contribution is 2.13. The van der Waals surface area contributed by atoms with Crippen LogP contribution in [-0.4, -0.2) is 50.6 Å². The lowest BCUT2D eigenvalue weighted by molar-refractivity contribution is -0.153. The average molecular weight is 286 g/mol. The molecule has 0 bridgehead atoms. The topological polar surface area (TPSA) is 71.1 Å². The number of ether oxygens (including phenoxy) is 4. The first kappa shape index (κ1) is 15.3. The summed E-state index contributed by atoms with van der Waals surface area (Å²) in [6, 6.07) is 0. The molecule has 2 unspecified atom stereocenters. The summed E-state index contributed by atoms with van der Waals surface area (Å²) >= 11 is 0. The monoisotopic (exact) mass is 286 g/mol. The Morgan fingerprint density at radius 3 is 1.65 bits per heavy atom. The van der Waals surface area contributed by atoms with Gasteiger partial charge < -0.3 is 18.9 Å². The fourth-order valence-electron chi connectivity index (χ4n) is 2.27. The largest absolute Gasteiger partial charge is 0.463 e. The van der Waals surface area contributed by atoms with Crippen molar-refractivity contribution in [1.29, 1.82) is 0 Å². The third-order valence-corrected chi connectivity index (χ3v) is 3.44. The average Bonchev–Trinajstić information content (AvgIpc) is 3.13. The Hall–Kier alpha value is -1.14. The molecule has 0 aromatic carbocycles. The van der Waals surface area contributed by atoms with Gasteiger partial charge in [0.15, 0.2) is 0 Å². The van der Waals surface area contributed by atoms with Crippen molar-refractivity contribution in [2.75, 3.05) is 26.4 Å². The van der Waals surface area contributed by atoms with E-state index in [2.05, 4.69) is 0 Å². The number of rotatable bonds is 7. The van der Waals surface area contributed by atoms with E-state index in [0.717, 1.165) is 38.9 Å². The van der Waals surface area contributed by atoms with E-state index >= 15 is 0 Å². The second-order valence-electron chi connectivity index (χ2n) is 5.14. The number of carbonyl (C=O) groups excluding carboxylic acids is 2. The highest BCUT2D eigenvalue weighted by Gasteiger charge is 2.19. The van der Waals surface area contributed by atoms with Gasteiger partial charge in [0.25, 0.3) is 0 Å². The Morgan fingerprint density at radius 1 is 0.850 bits per heavy atom. The molecule has 6 heteroatoms. The smallest absolute Gasteiger partial charge is 0.306 e. The highest BCUT2D eigenvalue weighted by molar-refractivity contribution is 5.77. The lowest BCUT2D eigenvalue weighted by Crippen LogP contribution is -2.20. The van der Waals surface area contributed by atoms with E-state index in [1.807, 2.05) is 0 Å². The van der Waals surface area contributed by atoms with Crippen LogP contribution in [-0.2, 0) is 28.5 Å². The zero-order valence-electron chi connectivity index (χ0n) is 11.7. The predicted molar refractivity (Wildman–Crippen MR) is 69.1 cm³/mol. The third kappa shape index (κ3) is 5.46. The third-order valence-electron chi connectivity index (χ3n) is 3.44. The maximum Gasteiger partial charge on any atom is 0.306 e. The van der Waals surface area contributed by atoms with E-state index in [9.17, 15) is 9.59 Å². The maximum absolute atomic E-state index is 11.5. The van der Waals surface area contributed by atoms with E-state index in [4.69, 9.17) is 18.9 Å². The summed E-state index contributed by atoms with van der Waals surface area (Å²) in [6.45, 7) is 2.03. The summed E-state index contributed by atoms with van der Waals surface area (Å²) < 4.78 is 20.8. The Morgan fingerprint density at radius 2 is 1.30 bits per heavy atom. The first-order valence-electron chi connectivity index (χ1n) is 7.28. The van der Waals surface area contributed by atoms with Gasteiger partial charge in [0, 0.05) is 13.2 Å². The molecule has 0 aromatic heterocycles. The molecule has 2 saturated heterocycles. The Labute approximate surface area is 118 Å². The van der Waals surface area contributed by atoms with Crippen LogP contribution in [0.4, 0.5) is 0 Å². The molecule has 6 nitrogen and oxygen atoms in total. The van der Waals surface area contributed by atoms with Crippen LogP contribution in [0.3, 0.4) is 0 Å². The predicted octanol–water partition coefficient (Wildman–Crippen LogP) is 1.21. The van der Waals surface area contributed by atoms with Crippen molar-refractivity contribution in [2.24, 2.45) is 0 Å². The maximum atomic E-state index is 11.5. The molecule has 114 valence electrons. The molecular weight excluding hydrogens is 264 g/mol. The minimum absolute atomic E-state index is 0.0189. The first-order chi connectivity index (χ1) is 9.74. The van der Waals surface area contributed by atoms with Gasteiger partial charge >= 0.3 is 11.9 Å². The van der Waals surface area contributed by atoms with Crippen LogP contribution < -0.4 is 0 Å². The van der Waals surface area contributed by atoms with Crippen LogP contribution >= 0.6 is 0 Å². The summed E-state index contributed by atoms with van der Waals surface area (Å²) in [5, 5.41) is 0. The van der Waals surface area contributed by atoms with Crippen molar-refractivity contribution in [3.05, 3.63) is 0 Å². The number of esters is 2. The van der Waals surface area contributed by atoms with Gasteiger partial charge in [-0.05, 0) is 25.7 Å². The molecule has 20 heavy (non-hydrogen) atoms. The van der Waals surface area contributed by atoms with Crippen LogP contribution in [0.1, 0.15) is 38.5 Å². The van der Waals surface area contributed by atoms with E-state index in [1.165, 1.54) is 0 Å². The normalized spacial score (nSPS) is 25.6. The standard InChI is InChI=1S/C14H22O6/c15-13(19-9-11-3-1-7-17-11)5-6-14(16)20-10-12-4-2-8-18-12/h11-12H,1-10H2. The number of hydrogen-bond donors (Lipinski definition) is 0. The Balaban J connectivity index is 1.49. The van der Waals surface area contributed by atoms with E-state index in [-0.39, 0.29) is 50.2 Å². The van der Waals surface area contributed by atoms with Crippen molar-refractivity contribution in [2.45, 2.75) is 50.7 Å². The highest BCUT2D eigenvalue weighted by atomic mass is 16.6. The molecule has 0 amide bonds. The summed E-state index contributed by atoms with van der Waals surface area (Å²) in [5.41, 5.74) is 0. The van der Waals surface area contributed by atoms with Gasteiger partial charge in [-0.2, -0.15) is 0 Å². The van der Waals surface area contributed by atoms with Crippen LogP contribution in [0.15, 0.2) is 0 Å². The van der Waals surface area contributed by atoms with Gasteiger partial charge in [-0.25, -0.2) is 0 Å². The molecule has 0 aromatic rings. The van der Waals surface area contributed by atoms with Crippen molar-refractivity contribution in [3.63, 3.8) is 0 Å². The fourth-order valence-corrected chi connectivity index (χ4v) is 2.27. The molecule has 0 saturated carbocycles. The second-order valence-corrected chi connectivity index (χ2v) is 5.14. The fraction of sp³-hybridized carbons (Fsp3) is 0.857. The van der Waals surface area contributed by atoms with Crippen LogP contribution in [0.5, 0.6) is 0 Å². The van der Waals surface area contributed by atoms with Crippen LogP contribution in [0.25, 0.3) is 0 Å². The van der Waals surface area contributed by atoms with Gasteiger partial charge in [0.2, 0.25) is 0 Å². The molecule has 0 radical (unpaired) electrons. The molecular formula is C14H22O6. The summed E-state index contributed by atoms with van der Waals surface area (Å²) in [5.74, 6) is -0.760. The SMILES string of the molecule is O=C(CCC(=O)OCC1CCCO1)OCC1CCCO1. The lowest BCUT2D eigenvalue weighted by atomic mass is 10.2. The molecule has 2 aliphatic rings. The second kappa shape index (κ2) is 8.21. The zero-order chi connectivity index (χ0) is 14.2. The minimum atomic E-state index is -0.380. The van der Waals surface area contributed by atoms with Crippen molar-refractivity contribution >= 4 is 11.9 Å². The van der Waals surface area contributed by atoms with Crippen LogP contribution in [0, 0.1) is 0 Å². The van der Waals surface area contributed by atoms with Crippen LogP contribution in [0.2, 0.25) is 0 Å². The molecule has 2 atom stereocenters. The molecule has 2 fully saturated rings. The first-order valence-corrected chi connectivity index (χ1v) is 7.28. The number of carbonyl (C=O) groups is 2. The van der Waals surface area contributed by atoms with Gasteiger partial charge in [-0.1, -0.05) is 0 Å². The van der Waals surface area contributed by atoms with Crippen molar-refractivity contribution < 1.29 is 28.5 Å². The zero-order valence-corrected chi connectivity index (χ0v) is 11.7. The minimum Gasteiger partial charge on any atom is -0.463 e. The van der Waals surface area contributed by atoms with Gasteiger partial charge in [0.05, 0.1) is 25.0 Å². The van der Waals surface area contributed by atoms with E-state index < -0.39 is 0 Å². The van der Waals surface area contributed by atoms with Gasteiger partial charge in [-0.3, -0.25) is 9.59 Å². The summed E-state index contributed by atoms with van der Waals surface area (Å²) in [4.78, 5) is 22.9. The van der Waals surface area contributed by atoms with E-state index in [1.54, 1.807) is 0 Å². The molecule has 0 aliphatic carbocycles. The summed E-state index contributed by atoms with van der Waals surface area (Å²) in [6.07, 6.45) is 4.02. The molecule has 2 heterocycles.